The van der Waals surface area contributed by atoms with E-state index in [1.54, 1.807) is 0 Å². The molecule has 150 valence electrons. The molecule has 0 aromatic heterocycles. The number of aryl methyl sites for hydroxylation is 2. The van der Waals surface area contributed by atoms with Gasteiger partial charge in [-0.1, -0.05) is 17.3 Å². The third kappa shape index (κ3) is 5.78. The molecule has 3 unspecified atom stereocenters. The topological polar surface area (TPSA) is 77.4 Å². The number of nitrogens with zero attached hydrogens (tertiary/aromatic N) is 1. The van der Waals surface area contributed by atoms with E-state index in [4.69, 9.17) is 19.4 Å². The Balaban J connectivity index is 1.69. The number of carboxylic acids is 1. The van der Waals surface area contributed by atoms with Crippen LogP contribution in [0.3, 0.4) is 0 Å². The summed E-state index contributed by atoms with van der Waals surface area (Å²) in [6.07, 6.45) is 2.58. The summed E-state index contributed by atoms with van der Waals surface area (Å²) < 4.78 is 11.0. The molecule has 0 spiro atoms. The summed E-state index contributed by atoms with van der Waals surface area (Å²) in [4.78, 5) is 16.6. The molecule has 0 aliphatic carbocycles. The van der Waals surface area contributed by atoms with Crippen molar-refractivity contribution in [3.63, 3.8) is 0 Å². The lowest BCUT2D eigenvalue weighted by Gasteiger charge is -2.39. The van der Waals surface area contributed by atoms with Gasteiger partial charge in [0.05, 0.1) is 18.4 Å². The van der Waals surface area contributed by atoms with Crippen molar-refractivity contribution >= 4 is 11.7 Å². The van der Waals surface area contributed by atoms with E-state index in [2.05, 4.69) is 37.2 Å². The summed E-state index contributed by atoms with van der Waals surface area (Å²) in [5, 5.41) is 13.4. The van der Waals surface area contributed by atoms with E-state index >= 15 is 0 Å². The number of rotatable bonds is 8. The maximum absolute atomic E-state index is 11.2. The van der Waals surface area contributed by atoms with Crippen molar-refractivity contribution in [2.45, 2.75) is 65.8 Å². The second-order valence-corrected chi connectivity index (χ2v) is 7.45. The van der Waals surface area contributed by atoms with Gasteiger partial charge in [-0.2, -0.15) is 0 Å². The molecule has 0 amide bonds. The molecule has 0 bridgehead atoms. The number of aliphatic carboxylic acids is 1. The third-order valence-electron chi connectivity index (χ3n) is 5.22. The molecule has 1 aromatic rings. The number of unbranched alkanes of at least 4 members (excludes halogenated alkanes) is 1. The van der Waals surface area contributed by atoms with Crippen molar-refractivity contribution in [3.05, 3.63) is 34.9 Å². The molecule has 1 N–H and O–H groups in total. The Morgan fingerprint density at radius 1 is 1.33 bits per heavy atom. The van der Waals surface area contributed by atoms with Crippen molar-refractivity contribution in [1.29, 1.82) is 0 Å². The molecule has 27 heavy (non-hydrogen) atoms. The quantitative estimate of drug-likeness (QED) is 0.420. The molecule has 3 atom stereocenters. The first kappa shape index (κ1) is 21.4. The van der Waals surface area contributed by atoms with Crippen LogP contribution in [0.2, 0.25) is 0 Å². The molecule has 6 nitrogen and oxygen atoms in total. The van der Waals surface area contributed by atoms with E-state index in [1.165, 1.54) is 18.1 Å². The highest BCUT2D eigenvalue weighted by Gasteiger charge is 2.43. The van der Waals surface area contributed by atoms with Gasteiger partial charge in [-0.15, -0.1) is 0 Å². The van der Waals surface area contributed by atoms with Gasteiger partial charge in [0.25, 0.3) is 5.79 Å². The Morgan fingerprint density at radius 2 is 2.07 bits per heavy atom. The van der Waals surface area contributed by atoms with E-state index in [0.29, 0.717) is 13.2 Å². The van der Waals surface area contributed by atoms with E-state index < -0.39 is 11.8 Å². The fourth-order valence-corrected chi connectivity index (χ4v) is 3.05. The summed E-state index contributed by atoms with van der Waals surface area (Å²) in [5.41, 5.74) is 4.45. The number of carbonyl (C=O) groups is 1. The Kier molecular flexibility index (Phi) is 7.39. The first-order valence-electron chi connectivity index (χ1n) is 9.52. The van der Waals surface area contributed by atoms with Crippen molar-refractivity contribution in [2.24, 2.45) is 11.1 Å². The van der Waals surface area contributed by atoms with Crippen LogP contribution in [0.1, 0.15) is 56.7 Å². The summed E-state index contributed by atoms with van der Waals surface area (Å²) >= 11 is 0. The van der Waals surface area contributed by atoms with Gasteiger partial charge in [0.1, 0.15) is 6.61 Å². The summed E-state index contributed by atoms with van der Waals surface area (Å²) in [5.74, 6) is -2.42. The van der Waals surface area contributed by atoms with Crippen LogP contribution in [0.5, 0.6) is 0 Å². The number of hydrogen-bond acceptors (Lipinski definition) is 5. The first-order chi connectivity index (χ1) is 12.7. The zero-order chi connectivity index (χ0) is 20.0. The van der Waals surface area contributed by atoms with Crippen molar-refractivity contribution < 1.29 is 24.2 Å². The zero-order valence-corrected chi connectivity index (χ0v) is 16.9. The predicted octanol–water partition coefficient (Wildman–Crippen LogP) is 4.07. The van der Waals surface area contributed by atoms with Crippen LogP contribution in [-0.4, -0.2) is 41.9 Å². The molecule has 1 aliphatic rings. The second kappa shape index (κ2) is 9.33. The molecule has 6 heteroatoms. The van der Waals surface area contributed by atoms with Gasteiger partial charge >= 0.3 is 5.97 Å². The fraction of sp³-hybridized carbons (Fsp3) is 0.619. The number of carboxylic acid groups (broad SMARTS) is 1. The minimum atomic E-state index is -1.53. The maximum atomic E-state index is 11.2. The summed E-state index contributed by atoms with van der Waals surface area (Å²) in [6, 6.07) is 6.27. The normalized spacial score (nSPS) is 26.0. The fourth-order valence-electron chi connectivity index (χ4n) is 3.05. The number of hydrogen-bond donors (Lipinski definition) is 1. The number of benzene rings is 1. The van der Waals surface area contributed by atoms with Crippen LogP contribution in [-0.2, 0) is 19.1 Å². The van der Waals surface area contributed by atoms with Crippen molar-refractivity contribution in [1.82, 2.24) is 0 Å². The molecule has 0 radical (unpaired) electrons. The predicted molar refractivity (Wildman–Crippen MR) is 104 cm³/mol. The molecule has 2 rings (SSSR count). The van der Waals surface area contributed by atoms with Gasteiger partial charge in [0.2, 0.25) is 0 Å². The second-order valence-electron chi connectivity index (χ2n) is 7.45. The zero-order valence-electron chi connectivity index (χ0n) is 16.9. The standard InChI is InChI=1S/C21H31NO5/c1-14-9-10-18(12-15(14)2)16(3)22-26-11-7-6-8-19-13-25-21(5,20(23)24)27-17(19)4/h9-10,12,17,19H,6-8,11,13H2,1-5H3,(H,23,24). The molecular weight excluding hydrogens is 346 g/mol. The van der Waals surface area contributed by atoms with Crippen LogP contribution in [0.15, 0.2) is 23.4 Å². The van der Waals surface area contributed by atoms with Gasteiger partial charge in [-0.05, 0) is 69.7 Å². The molecular formula is C21H31NO5. The Labute approximate surface area is 161 Å². The average Bonchev–Trinajstić information content (AvgIpc) is 2.61. The molecule has 1 heterocycles. The van der Waals surface area contributed by atoms with E-state index in [0.717, 1.165) is 30.5 Å². The van der Waals surface area contributed by atoms with E-state index in [9.17, 15) is 4.79 Å². The van der Waals surface area contributed by atoms with Crippen LogP contribution >= 0.6 is 0 Å². The minimum absolute atomic E-state index is 0.147. The first-order valence-corrected chi connectivity index (χ1v) is 9.52. The van der Waals surface area contributed by atoms with Gasteiger partial charge in [-0.3, -0.25) is 0 Å². The molecule has 1 aliphatic heterocycles. The largest absolute Gasteiger partial charge is 0.477 e. The monoisotopic (exact) mass is 377 g/mol. The molecule has 1 aromatic carbocycles. The van der Waals surface area contributed by atoms with Crippen LogP contribution in [0.4, 0.5) is 0 Å². The molecule has 1 fully saturated rings. The van der Waals surface area contributed by atoms with Crippen LogP contribution in [0.25, 0.3) is 0 Å². The van der Waals surface area contributed by atoms with Gasteiger partial charge in [0.15, 0.2) is 0 Å². The van der Waals surface area contributed by atoms with Gasteiger partial charge in [-0.25, -0.2) is 4.79 Å². The summed E-state index contributed by atoms with van der Waals surface area (Å²) in [7, 11) is 0. The Morgan fingerprint density at radius 3 is 2.70 bits per heavy atom. The van der Waals surface area contributed by atoms with Crippen LogP contribution in [0, 0.1) is 19.8 Å². The Hall–Kier alpha value is -1.92. The lowest BCUT2D eigenvalue weighted by molar-refractivity contribution is -0.292. The maximum Gasteiger partial charge on any atom is 0.364 e. The highest BCUT2D eigenvalue weighted by molar-refractivity contribution is 5.98. The van der Waals surface area contributed by atoms with Crippen molar-refractivity contribution in [3.8, 4) is 0 Å². The minimum Gasteiger partial charge on any atom is -0.477 e. The van der Waals surface area contributed by atoms with Crippen molar-refractivity contribution in [2.75, 3.05) is 13.2 Å². The Bertz CT molecular complexity index is 687. The van der Waals surface area contributed by atoms with E-state index in [-0.39, 0.29) is 12.0 Å². The highest BCUT2D eigenvalue weighted by Crippen LogP contribution is 2.29. The van der Waals surface area contributed by atoms with Crippen LogP contribution < -0.4 is 0 Å². The average molecular weight is 377 g/mol. The third-order valence-corrected chi connectivity index (χ3v) is 5.22. The smallest absolute Gasteiger partial charge is 0.364 e. The SMILES string of the molecule is CC(=NOCCCCC1COC(C)(C(=O)O)OC1C)c1ccc(C)c(C)c1. The summed E-state index contributed by atoms with van der Waals surface area (Å²) in [6.45, 7) is 10.4. The lowest BCUT2D eigenvalue weighted by atomic mass is 9.96. The van der Waals surface area contributed by atoms with Gasteiger partial charge < -0.3 is 19.4 Å². The van der Waals surface area contributed by atoms with Gasteiger partial charge in [0, 0.05) is 12.8 Å². The number of ether oxygens (including phenoxy) is 2. The lowest BCUT2D eigenvalue weighted by Crippen LogP contribution is -2.51. The number of oxime groups is 1. The van der Waals surface area contributed by atoms with E-state index in [1.807, 2.05) is 13.8 Å². The highest BCUT2D eigenvalue weighted by atomic mass is 16.7. The molecule has 0 saturated carbocycles. The molecule has 1 saturated heterocycles.